The molecule has 7 atom stereocenters. The number of ketones is 2. The molecule has 0 aromatic rings. The predicted octanol–water partition coefficient (Wildman–Crippen LogP) is 5.36. The lowest BCUT2D eigenvalue weighted by Crippen LogP contribution is -2.53. The molecule has 6 unspecified atom stereocenters. The molecular weight excluding hydrogens is 308 g/mol. The predicted molar refractivity (Wildman–Crippen MR) is 100 cm³/mol. The van der Waals surface area contributed by atoms with Gasteiger partial charge in [0.1, 0.15) is 5.78 Å². The Morgan fingerprint density at radius 1 is 1.08 bits per heavy atom. The molecule has 4 aliphatic rings. The molecule has 3 saturated carbocycles. The van der Waals surface area contributed by atoms with E-state index in [1.54, 1.807) is 0 Å². The van der Waals surface area contributed by atoms with Crippen LogP contribution in [0.25, 0.3) is 0 Å². The van der Waals surface area contributed by atoms with Crippen LogP contribution in [-0.4, -0.2) is 11.6 Å². The molecule has 0 saturated heterocycles. The third-order valence-corrected chi connectivity index (χ3v) is 9.86. The lowest BCUT2D eigenvalue weighted by atomic mass is 9.45. The number of carbonyl (C=O) groups excluding carboxylic acids is 2. The van der Waals surface area contributed by atoms with Crippen molar-refractivity contribution >= 4 is 11.6 Å². The summed E-state index contributed by atoms with van der Waals surface area (Å²) in [6, 6.07) is 0. The molecule has 0 bridgehead atoms. The van der Waals surface area contributed by atoms with Crippen LogP contribution >= 0.6 is 0 Å². The molecule has 2 heteroatoms. The van der Waals surface area contributed by atoms with E-state index in [1.807, 2.05) is 13.0 Å². The van der Waals surface area contributed by atoms with Crippen molar-refractivity contribution in [3.8, 4) is 0 Å². The quantitative estimate of drug-likeness (QED) is 0.643. The van der Waals surface area contributed by atoms with Crippen molar-refractivity contribution < 1.29 is 9.59 Å². The largest absolute Gasteiger partial charge is 0.299 e. The maximum absolute atomic E-state index is 12.7. The molecule has 25 heavy (non-hydrogen) atoms. The van der Waals surface area contributed by atoms with E-state index in [2.05, 4.69) is 27.7 Å². The van der Waals surface area contributed by atoms with E-state index in [9.17, 15) is 9.59 Å². The van der Waals surface area contributed by atoms with E-state index in [0.717, 1.165) is 25.2 Å². The Balaban J connectivity index is 1.72. The summed E-state index contributed by atoms with van der Waals surface area (Å²) >= 11 is 0. The van der Waals surface area contributed by atoms with Crippen molar-refractivity contribution in [2.75, 3.05) is 0 Å². The minimum atomic E-state index is -0.164. The van der Waals surface area contributed by atoms with Crippen LogP contribution in [0.1, 0.15) is 79.6 Å². The van der Waals surface area contributed by atoms with Gasteiger partial charge in [-0.15, -0.1) is 0 Å². The van der Waals surface area contributed by atoms with Crippen molar-refractivity contribution in [1.29, 1.82) is 0 Å². The van der Waals surface area contributed by atoms with Crippen LogP contribution in [0.5, 0.6) is 0 Å². The summed E-state index contributed by atoms with van der Waals surface area (Å²) in [7, 11) is 0. The van der Waals surface area contributed by atoms with E-state index in [4.69, 9.17) is 0 Å². The summed E-state index contributed by atoms with van der Waals surface area (Å²) < 4.78 is 0. The fourth-order valence-corrected chi connectivity index (χ4v) is 7.89. The Morgan fingerprint density at radius 2 is 1.80 bits per heavy atom. The molecule has 0 aromatic heterocycles. The van der Waals surface area contributed by atoms with Gasteiger partial charge in [0.15, 0.2) is 5.78 Å². The highest BCUT2D eigenvalue weighted by molar-refractivity contribution is 5.91. The molecule has 4 aliphatic carbocycles. The van der Waals surface area contributed by atoms with Gasteiger partial charge in [-0.3, -0.25) is 9.59 Å². The van der Waals surface area contributed by atoms with Gasteiger partial charge in [0.25, 0.3) is 0 Å². The molecule has 0 heterocycles. The van der Waals surface area contributed by atoms with Gasteiger partial charge in [0.2, 0.25) is 0 Å². The number of fused-ring (bicyclic) bond motifs is 5. The SMILES string of the molecule is CC(=O)[C@@]1(C)C(C)CC2C3CCC4=CC(=O)CCC4(C)C3CCC21C. The Labute approximate surface area is 152 Å². The monoisotopic (exact) mass is 342 g/mol. The summed E-state index contributed by atoms with van der Waals surface area (Å²) in [5.74, 6) is 3.33. The number of allylic oxidation sites excluding steroid dienone is 1. The number of hydrogen-bond donors (Lipinski definition) is 0. The summed E-state index contributed by atoms with van der Waals surface area (Å²) in [6.07, 6.45) is 9.70. The molecule has 0 N–H and O–H groups in total. The Kier molecular flexibility index (Phi) is 3.71. The zero-order chi connectivity index (χ0) is 18.2. The van der Waals surface area contributed by atoms with Crippen LogP contribution in [0, 0.1) is 39.9 Å². The van der Waals surface area contributed by atoms with Crippen LogP contribution in [-0.2, 0) is 9.59 Å². The first-order valence-corrected chi connectivity index (χ1v) is 10.4. The minimum absolute atomic E-state index is 0.154. The fourth-order valence-electron chi connectivity index (χ4n) is 7.89. The molecule has 0 spiro atoms. The van der Waals surface area contributed by atoms with Gasteiger partial charge < -0.3 is 0 Å². The van der Waals surface area contributed by atoms with Gasteiger partial charge in [0.05, 0.1) is 0 Å². The first kappa shape index (κ1) is 17.5. The van der Waals surface area contributed by atoms with Crippen LogP contribution in [0.2, 0.25) is 0 Å². The molecule has 0 amide bonds. The average Bonchev–Trinajstić information content (AvgIpc) is 2.77. The fraction of sp³-hybridized carbons (Fsp3) is 0.826. The summed E-state index contributed by atoms with van der Waals surface area (Å²) in [4.78, 5) is 24.6. The van der Waals surface area contributed by atoms with Crippen LogP contribution in [0.3, 0.4) is 0 Å². The first-order chi connectivity index (χ1) is 11.6. The molecule has 0 aromatic carbocycles. The third kappa shape index (κ3) is 2.03. The zero-order valence-electron chi connectivity index (χ0n) is 16.7. The Bertz CT molecular complexity index is 661. The van der Waals surface area contributed by atoms with Crippen molar-refractivity contribution in [3.05, 3.63) is 11.6 Å². The number of rotatable bonds is 1. The van der Waals surface area contributed by atoms with Gasteiger partial charge in [-0.25, -0.2) is 0 Å². The maximum atomic E-state index is 12.7. The van der Waals surface area contributed by atoms with Crippen molar-refractivity contribution in [2.24, 2.45) is 39.9 Å². The number of Topliss-reactive ketones (excluding diaryl/α,β-unsaturated/α-hetero) is 1. The molecule has 0 radical (unpaired) electrons. The maximum Gasteiger partial charge on any atom is 0.155 e. The van der Waals surface area contributed by atoms with Crippen LogP contribution in [0.4, 0.5) is 0 Å². The van der Waals surface area contributed by atoms with Gasteiger partial charge in [-0.05, 0) is 86.0 Å². The highest BCUT2D eigenvalue weighted by atomic mass is 16.1. The number of hydrogen-bond acceptors (Lipinski definition) is 2. The standard InChI is InChI=1S/C23H34O2/c1-14-12-20-18-7-6-16-13-17(25)8-10-21(16,3)19(18)9-11-22(20,4)23(14,5)15(2)24/h13-14,18-20H,6-12H2,1-5H3/t14?,18?,19?,20?,21?,22?,23-/m1/s1. The van der Waals surface area contributed by atoms with Gasteiger partial charge in [-0.1, -0.05) is 33.3 Å². The van der Waals surface area contributed by atoms with E-state index in [1.165, 1.54) is 31.3 Å². The van der Waals surface area contributed by atoms with E-state index in [0.29, 0.717) is 29.3 Å². The number of carbonyl (C=O) groups is 2. The summed E-state index contributed by atoms with van der Waals surface area (Å²) in [5, 5.41) is 0. The zero-order valence-corrected chi connectivity index (χ0v) is 16.7. The third-order valence-electron chi connectivity index (χ3n) is 9.86. The highest BCUT2D eigenvalue weighted by Gasteiger charge is 2.66. The molecule has 2 nitrogen and oxygen atoms in total. The smallest absolute Gasteiger partial charge is 0.155 e. The average molecular weight is 343 g/mol. The Hall–Kier alpha value is -0.920. The highest BCUT2D eigenvalue weighted by Crippen LogP contribution is 2.71. The van der Waals surface area contributed by atoms with E-state index >= 15 is 0 Å². The summed E-state index contributed by atoms with van der Waals surface area (Å²) in [5.41, 5.74) is 1.66. The van der Waals surface area contributed by atoms with E-state index in [-0.39, 0.29) is 16.2 Å². The van der Waals surface area contributed by atoms with Crippen molar-refractivity contribution in [2.45, 2.75) is 79.6 Å². The lowest BCUT2D eigenvalue weighted by molar-refractivity contribution is -0.141. The second-order valence-electron chi connectivity index (χ2n) is 10.3. The van der Waals surface area contributed by atoms with Gasteiger partial charge in [-0.2, -0.15) is 0 Å². The van der Waals surface area contributed by atoms with Crippen molar-refractivity contribution in [1.82, 2.24) is 0 Å². The topological polar surface area (TPSA) is 34.1 Å². The first-order valence-electron chi connectivity index (χ1n) is 10.4. The molecule has 4 rings (SSSR count). The lowest BCUT2D eigenvalue weighted by Gasteiger charge is -2.59. The van der Waals surface area contributed by atoms with Gasteiger partial charge in [0, 0.05) is 11.8 Å². The van der Waals surface area contributed by atoms with E-state index < -0.39 is 0 Å². The normalized spacial score (nSPS) is 52.0. The second kappa shape index (κ2) is 5.30. The van der Waals surface area contributed by atoms with Crippen LogP contribution in [0.15, 0.2) is 11.6 Å². The van der Waals surface area contributed by atoms with Crippen LogP contribution < -0.4 is 0 Å². The molecule has 0 aliphatic heterocycles. The molecule has 138 valence electrons. The molecule has 3 fully saturated rings. The Morgan fingerprint density at radius 3 is 2.48 bits per heavy atom. The van der Waals surface area contributed by atoms with Gasteiger partial charge >= 0.3 is 0 Å². The van der Waals surface area contributed by atoms with Crippen molar-refractivity contribution in [3.63, 3.8) is 0 Å². The summed E-state index contributed by atoms with van der Waals surface area (Å²) in [6.45, 7) is 11.3. The second-order valence-corrected chi connectivity index (χ2v) is 10.3. The minimum Gasteiger partial charge on any atom is -0.299 e. The molecular formula is C23H34O2.